The average molecular weight is 424 g/mol. The van der Waals surface area contributed by atoms with Crippen molar-refractivity contribution in [2.45, 2.75) is 13.2 Å². The molecule has 0 atom stereocenters. The number of amides is 1. The molecule has 0 spiro atoms. The summed E-state index contributed by atoms with van der Waals surface area (Å²) in [5, 5.41) is 0. The minimum Gasteiger partial charge on any atom is -0.494 e. The Balaban J connectivity index is 1.59. The Morgan fingerprint density at radius 2 is 1.63 bits per heavy atom. The van der Waals surface area contributed by atoms with E-state index in [2.05, 4.69) is 9.64 Å². The van der Waals surface area contributed by atoms with Gasteiger partial charge in [-0.15, -0.1) is 0 Å². The number of benzene rings is 2. The highest BCUT2D eigenvalue weighted by molar-refractivity contribution is 5.95. The molecular weight excluding hydrogens is 401 g/mol. The molecule has 1 saturated heterocycles. The summed E-state index contributed by atoms with van der Waals surface area (Å²) in [4.78, 5) is 16.6. The lowest BCUT2D eigenvalue weighted by atomic mass is 10.1. The molecule has 2 aromatic carbocycles. The molecule has 30 heavy (non-hydrogen) atoms. The molecule has 162 valence electrons. The van der Waals surface area contributed by atoms with Crippen molar-refractivity contribution in [1.29, 1.82) is 0 Å². The lowest BCUT2D eigenvalue weighted by molar-refractivity contribution is -0.0512. The van der Waals surface area contributed by atoms with Crippen LogP contribution in [0.1, 0.15) is 15.9 Å². The molecule has 6 nitrogen and oxygen atoms in total. The standard InChI is InChI=1S/C21H23F3N2O4/c1-28-17-5-3-14(11-16(17)22)13-25-7-9-26(10-8-25)20(27)15-4-6-18(30-21(23)24)19(12-15)29-2/h3-6,11-12,21H,7-10,13H2,1-2H3. The second-order valence-electron chi connectivity index (χ2n) is 6.78. The first-order chi connectivity index (χ1) is 14.4. The lowest BCUT2D eigenvalue weighted by Gasteiger charge is -2.35. The molecule has 0 aromatic heterocycles. The van der Waals surface area contributed by atoms with Crippen LogP contribution in [0.3, 0.4) is 0 Å². The van der Waals surface area contributed by atoms with Gasteiger partial charge in [-0.3, -0.25) is 9.69 Å². The number of rotatable bonds is 7. The van der Waals surface area contributed by atoms with E-state index >= 15 is 0 Å². The summed E-state index contributed by atoms with van der Waals surface area (Å²) in [6.45, 7) is -0.167. The molecule has 0 bridgehead atoms. The SMILES string of the molecule is COc1ccc(CN2CCN(C(=O)c3ccc(OC(F)F)c(OC)c3)CC2)cc1F. The summed E-state index contributed by atoms with van der Waals surface area (Å²) in [6, 6.07) is 8.99. The molecule has 3 rings (SSSR count). The second-order valence-corrected chi connectivity index (χ2v) is 6.78. The van der Waals surface area contributed by atoms with E-state index in [9.17, 15) is 18.0 Å². The number of alkyl halides is 2. The first kappa shape index (κ1) is 21.8. The molecule has 0 radical (unpaired) electrons. The largest absolute Gasteiger partial charge is 0.494 e. The molecule has 0 N–H and O–H groups in total. The van der Waals surface area contributed by atoms with Gasteiger partial charge >= 0.3 is 6.61 Å². The van der Waals surface area contributed by atoms with Crippen LogP contribution in [0.5, 0.6) is 17.2 Å². The molecule has 2 aromatic rings. The van der Waals surface area contributed by atoms with Gasteiger partial charge in [0.25, 0.3) is 5.91 Å². The number of halogens is 3. The van der Waals surface area contributed by atoms with Gasteiger partial charge in [-0.1, -0.05) is 6.07 Å². The summed E-state index contributed by atoms with van der Waals surface area (Å²) in [5.41, 5.74) is 1.16. The molecule has 0 aliphatic carbocycles. The van der Waals surface area contributed by atoms with Crippen LogP contribution in [0.4, 0.5) is 13.2 Å². The number of nitrogens with zero attached hydrogens (tertiary/aromatic N) is 2. The summed E-state index contributed by atoms with van der Waals surface area (Å²) >= 11 is 0. The van der Waals surface area contributed by atoms with E-state index in [0.29, 0.717) is 38.3 Å². The third-order valence-electron chi connectivity index (χ3n) is 4.91. The van der Waals surface area contributed by atoms with Crippen LogP contribution in [0.25, 0.3) is 0 Å². The molecule has 1 aliphatic rings. The number of carbonyl (C=O) groups is 1. The number of hydrogen-bond acceptors (Lipinski definition) is 5. The van der Waals surface area contributed by atoms with Crippen LogP contribution in [-0.4, -0.2) is 62.7 Å². The lowest BCUT2D eigenvalue weighted by Crippen LogP contribution is -2.48. The first-order valence-electron chi connectivity index (χ1n) is 9.38. The Hall–Kier alpha value is -2.94. The average Bonchev–Trinajstić information content (AvgIpc) is 2.74. The number of hydrogen-bond donors (Lipinski definition) is 0. The van der Waals surface area contributed by atoms with E-state index < -0.39 is 12.4 Å². The van der Waals surface area contributed by atoms with Crippen molar-refractivity contribution in [1.82, 2.24) is 9.80 Å². The highest BCUT2D eigenvalue weighted by Gasteiger charge is 2.23. The van der Waals surface area contributed by atoms with Crippen LogP contribution >= 0.6 is 0 Å². The Labute approximate surface area is 172 Å². The van der Waals surface area contributed by atoms with Crippen molar-refractivity contribution in [3.8, 4) is 17.2 Å². The molecule has 1 heterocycles. The van der Waals surface area contributed by atoms with Crippen molar-refractivity contribution in [3.05, 3.63) is 53.3 Å². The Bertz CT molecular complexity index is 887. The van der Waals surface area contributed by atoms with E-state index in [0.717, 1.165) is 5.56 Å². The zero-order chi connectivity index (χ0) is 21.7. The molecule has 1 fully saturated rings. The predicted molar refractivity (Wildman–Crippen MR) is 104 cm³/mol. The maximum absolute atomic E-state index is 13.9. The molecule has 0 saturated carbocycles. The van der Waals surface area contributed by atoms with E-state index in [4.69, 9.17) is 9.47 Å². The number of carbonyl (C=O) groups excluding carboxylic acids is 1. The minimum absolute atomic E-state index is 0.0707. The molecule has 1 amide bonds. The summed E-state index contributed by atoms with van der Waals surface area (Å²) in [6.07, 6.45) is 0. The van der Waals surface area contributed by atoms with Gasteiger partial charge in [-0.25, -0.2) is 4.39 Å². The number of piperazine rings is 1. The van der Waals surface area contributed by atoms with Crippen LogP contribution in [0, 0.1) is 5.82 Å². The fourth-order valence-corrected chi connectivity index (χ4v) is 3.35. The smallest absolute Gasteiger partial charge is 0.387 e. The van der Waals surface area contributed by atoms with Gasteiger partial charge in [0.1, 0.15) is 0 Å². The van der Waals surface area contributed by atoms with Crippen molar-refractivity contribution < 1.29 is 32.2 Å². The van der Waals surface area contributed by atoms with Gasteiger partial charge in [-0.05, 0) is 35.9 Å². The topological polar surface area (TPSA) is 51.2 Å². The summed E-state index contributed by atoms with van der Waals surface area (Å²) < 4.78 is 53.1. The van der Waals surface area contributed by atoms with Gasteiger partial charge in [0.2, 0.25) is 0 Å². The van der Waals surface area contributed by atoms with Crippen molar-refractivity contribution in [2.24, 2.45) is 0 Å². The van der Waals surface area contributed by atoms with Crippen LogP contribution in [0.2, 0.25) is 0 Å². The molecular formula is C21H23F3N2O4. The minimum atomic E-state index is -2.98. The maximum atomic E-state index is 13.9. The normalized spacial score (nSPS) is 14.7. The highest BCUT2D eigenvalue weighted by atomic mass is 19.3. The Morgan fingerprint density at radius 3 is 2.23 bits per heavy atom. The van der Waals surface area contributed by atoms with Crippen LogP contribution in [-0.2, 0) is 6.54 Å². The van der Waals surface area contributed by atoms with Crippen molar-refractivity contribution in [3.63, 3.8) is 0 Å². The van der Waals surface area contributed by atoms with Gasteiger partial charge in [0, 0.05) is 38.3 Å². The molecule has 0 unspecified atom stereocenters. The third-order valence-corrected chi connectivity index (χ3v) is 4.91. The van der Waals surface area contributed by atoms with Crippen molar-refractivity contribution >= 4 is 5.91 Å². The zero-order valence-electron chi connectivity index (χ0n) is 16.7. The highest BCUT2D eigenvalue weighted by Crippen LogP contribution is 2.30. The van der Waals surface area contributed by atoms with E-state index in [1.54, 1.807) is 11.0 Å². The van der Waals surface area contributed by atoms with Gasteiger partial charge in [-0.2, -0.15) is 8.78 Å². The van der Waals surface area contributed by atoms with E-state index in [1.807, 2.05) is 6.07 Å². The Kier molecular flexibility index (Phi) is 7.04. The van der Waals surface area contributed by atoms with Crippen LogP contribution in [0.15, 0.2) is 36.4 Å². The molecule has 1 aliphatic heterocycles. The summed E-state index contributed by atoms with van der Waals surface area (Å²) in [5.74, 6) is -0.472. The zero-order valence-corrected chi connectivity index (χ0v) is 16.7. The van der Waals surface area contributed by atoms with Gasteiger partial charge < -0.3 is 19.1 Å². The van der Waals surface area contributed by atoms with E-state index in [1.165, 1.54) is 38.5 Å². The first-order valence-corrected chi connectivity index (χ1v) is 9.38. The quantitative estimate of drug-likeness (QED) is 0.682. The van der Waals surface area contributed by atoms with E-state index in [-0.39, 0.29) is 23.2 Å². The van der Waals surface area contributed by atoms with Crippen LogP contribution < -0.4 is 14.2 Å². The molecule has 9 heteroatoms. The van der Waals surface area contributed by atoms with Gasteiger partial charge in [0.15, 0.2) is 23.1 Å². The monoisotopic (exact) mass is 424 g/mol. The number of methoxy groups -OCH3 is 2. The predicted octanol–water partition coefficient (Wildman–Crippen LogP) is 3.40. The third kappa shape index (κ3) is 5.15. The fraction of sp³-hybridized carbons (Fsp3) is 0.381. The maximum Gasteiger partial charge on any atom is 0.387 e. The number of ether oxygens (including phenoxy) is 3. The Morgan fingerprint density at radius 1 is 0.967 bits per heavy atom. The van der Waals surface area contributed by atoms with Crippen molar-refractivity contribution in [2.75, 3.05) is 40.4 Å². The second kappa shape index (κ2) is 9.71. The van der Waals surface area contributed by atoms with Gasteiger partial charge in [0.05, 0.1) is 14.2 Å². The summed E-state index contributed by atoms with van der Waals surface area (Å²) in [7, 11) is 2.74. The fourth-order valence-electron chi connectivity index (χ4n) is 3.35.